The second kappa shape index (κ2) is 9.59. The predicted molar refractivity (Wildman–Crippen MR) is 124 cm³/mol. The average molecular weight is 418 g/mol. The fourth-order valence-electron chi connectivity index (χ4n) is 3.67. The van der Waals surface area contributed by atoms with Crippen LogP contribution >= 0.6 is 0 Å². The summed E-state index contributed by atoms with van der Waals surface area (Å²) in [4.78, 5) is 18.8. The third-order valence-corrected chi connectivity index (χ3v) is 5.35. The Balaban J connectivity index is 1.37. The number of amides is 1. The van der Waals surface area contributed by atoms with Crippen molar-refractivity contribution in [3.63, 3.8) is 0 Å². The summed E-state index contributed by atoms with van der Waals surface area (Å²) >= 11 is 0. The van der Waals surface area contributed by atoms with Gasteiger partial charge >= 0.3 is 0 Å². The highest BCUT2D eigenvalue weighted by atomic mass is 16.3. The molecule has 0 atom stereocenters. The Hall–Kier alpha value is -3.42. The van der Waals surface area contributed by atoms with Crippen LogP contribution in [0.4, 0.5) is 22.9 Å². The van der Waals surface area contributed by atoms with E-state index in [4.69, 9.17) is 5.73 Å². The topological polar surface area (TPSA) is 104 Å². The van der Waals surface area contributed by atoms with Gasteiger partial charge in [-0.1, -0.05) is 18.2 Å². The van der Waals surface area contributed by atoms with Gasteiger partial charge in [0.2, 0.25) is 5.91 Å². The first-order valence-electron chi connectivity index (χ1n) is 10.4. The highest BCUT2D eigenvalue weighted by Crippen LogP contribution is 2.25. The molecular weight excluding hydrogens is 390 g/mol. The molecule has 0 aliphatic carbocycles. The molecule has 4 rings (SSSR count). The van der Waals surface area contributed by atoms with Crippen molar-refractivity contribution >= 4 is 28.8 Å². The van der Waals surface area contributed by atoms with E-state index in [1.165, 1.54) is 0 Å². The molecule has 1 aliphatic heterocycles. The molecule has 1 fully saturated rings. The summed E-state index contributed by atoms with van der Waals surface area (Å²) in [6.45, 7) is 1.85. The van der Waals surface area contributed by atoms with E-state index in [1.54, 1.807) is 6.20 Å². The lowest BCUT2D eigenvalue weighted by molar-refractivity contribution is -0.117. The minimum atomic E-state index is -0.235. The van der Waals surface area contributed by atoms with Crippen molar-refractivity contribution in [1.29, 1.82) is 0 Å². The number of rotatable bonds is 6. The molecule has 0 radical (unpaired) electrons. The Labute approximate surface area is 181 Å². The summed E-state index contributed by atoms with van der Waals surface area (Å²) in [6.07, 6.45) is 2.97. The highest BCUT2D eigenvalue weighted by Gasteiger charge is 2.18. The number of aliphatic hydroxyl groups excluding tert-OH is 1. The Morgan fingerprint density at radius 3 is 2.55 bits per heavy atom. The van der Waals surface area contributed by atoms with Crippen molar-refractivity contribution in [1.82, 2.24) is 9.88 Å². The van der Waals surface area contributed by atoms with Crippen LogP contribution in [0.1, 0.15) is 12.8 Å². The number of nitrogens with two attached hydrogens (primary N) is 1. The molecule has 1 aliphatic rings. The first-order valence-corrected chi connectivity index (χ1v) is 10.4. The molecule has 3 aromatic rings. The van der Waals surface area contributed by atoms with Crippen molar-refractivity contribution in [2.45, 2.75) is 18.9 Å². The molecule has 160 valence electrons. The molecule has 2 heterocycles. The van der Waals surface area contributed by atoms with Gasteiger partial charge in [-0.05, 0) is 66.4 Å². The van der Waals surface area contributed by atoms with Crippen LogP contribution in [0.25, 0.3) is 11.1 Å². The second-order valence-corrected chi connectivity index (χ2v) is 7.81. The quantitative estimate of drug-likeness (QED) is 0.458. The van der Waals surface area contributed by atoms with Gasteiger partial charge in [0.15, 0.2) is 0 Å². The SMILES string of the molecule is Nc1cccc(Nc2cc(-c3ccc(NC(=O)CN4CCC(O)CC4)cc3)ccn2)c1. The van der Waals surface area contributed by atoms with Gasteiger partial charge in [0, 0.05) is 36.3 Å². The zero-order valence-electron chi connectivity index (χ0n) is 17.3. The molecule has 0 unspecified atom stereocenters. The number of hydrogen-bond donors (Lipinski definition) is 4. The van der Waals surface area contributed by atoms with E-state index in [1.807, 2.05) is 60.7 Å². The van der Waals surface area contributed by atoms with Crippen LogP contribution in [0.2, 0.25) is 0 Å². The number of carbonyl (C=O) groups excluding carboxylic acids is 1. The lowest BCUT2D eigenvalue weighted by Crippen LogP contribution is -2.40. The Bertz CT molecular complexity index is 1030. The summed E-state index contributed by atoms with van der Waals surface area (Å²) in [5.74, 6) is 0.689. The van der Waals surface area contributed by atoms with Crippen LogP contribution < -0.4 is 16.4 Å². The number of likely N-dealkylation sites (tertiary alicyclic amines) is 1. The lowest BCUT2D eigenvalue weighted by atomic mass is 10.1. The maximum Gasteiger partial charge on any atom is 0.238 e. The molecule has 0 bridgehead atoms. The normalized spacial score (nSPS) is 14.9. The highest BCUT2D eigenvalue weighted by molar-refractivity contribution is 5.92. The molecule has 0 spiro atoms. The Kier molecular flexibility index (Phi) is 6.45. The van der Waals surface area contributed by atoms with Crippen LogP contribution in [0.5, 0.6) is 0 Å². The molecule has 0 saturated carbocycles. The van der Waals surface area contributed by atoms with E-state index >= 15 is 0 Å². The van der Waals surface area contributed by atoms with E-state index < -0.39 is 0 Å². The number of nitrogen functional groups attached to an aromatic ring is 1. The number of piperidine rings is 1. The van der Waals surface area contributed by atoms with Crippen molar-refractivity contribution in [2.75, 3.05) is 36.0 Å². The van der Waals surface area contributed by atoms with Crippen molar-refractivity contribution in [2.24, 2.45) is 0 Å². The number of aliphatic hydroxyl groups is 1. The standard InChI is InChI=1S/C24H27N5O2/c25-19-2-1-3-21(15-19)27-23-14-18(8-11-26-23)17-4-6-20(7-5-17)28-24(31)16-29-12-9-22(30)10-13-29/h1-8,11,14-15,22,30H,9-10,12-13,16,25H2,(H,26,27)(H,28,31). The third kappa shape index (κ3) is 5.81. The zero-order valence-corrected chi connectivity index (χ0v) is 17.3. The fraction of sp³-hybridized carbons (Fsp3) is 0.250. The summed E-state index contributed by atoms with van der Waals surface area (Å²) < 4.78 is 0. The summed E-state index contributed by atoms with van der Waals surface area (Å²) in [6, 6.07) is 19.2. The van der Waals surface area contributed by atoms with Gasteiger partial charge in [-0.2, -0.15) is 0 Å². The Morgan fingerprint density at radius 1 is 1.03 bits per heavy atom. The number of pyridine rings is 1. The molecule has 7 nitrogen and oxygen atoms in total. The molecule has 2 aromatic carbocycles. The number of aromatic nitrogens is 1. The number of carbonyl (C=O) groups is 1. The lowest BCUT2D eigenvalue weighted by Gasteiger charge is -2.28. The molecule has 1 saturated heterocycles. The third-order valence-electron chi connectivity index (χ3n) is 5.35. The number of nitrogens with one attached hydrogen (secondary N) is 2. The molecule has 1 aromatic heterocycles. The van der Waals surface area contributed by atoms with Crippen LogP contribution in [0.15, 0.2) is 66.9 Å². The van der Waals surface area contributed by atoms with Crippen molar-refractivity contribution in [3.05, 3.63) is 66.9 Å². The van der Waals surface area contributed by atoms with E-state index in [0.29, 0.717) is 12.2 Å². The summed E-state index contributed by atoms with van der Waals surface area (Å²) in [5.41, 5.74) is 10.2. The predicted octanol–water partition coefficient (Wildman–Crippen LogP) is 3.47. The first kappa shape index (κ1) is 20.8. The smallest absolute Gasteiger partial charge is 0.238 e. The van der Waals surface area contributed by atoms with E-state index in [0.717, 1.165) is 54.3 Å². The maximum atomic E-state index is 12.3. The monoisotopic (exact) mass is 417 g/mol. The van der Waals surface area contributed by atoms with E-state index in [9.17, 15) is 9.90 Å². The van der Waals surface area contributed by atoms with Crippen LogP contribution in [0, 0.1) is 0 Å². The second-order valence-electron chi connectivity index (χ2n) is 7.81. The zero-order chi connectivity index (χ0) is 21.6. The van der Waals surface area contributed by atoms with Gasteiger partial charge < -0.3 is 21.5 Å². The van der Waals surface area contributed by atoms with Gasteiger partial charge in [0.25, 0.3) is 0 Å². The fourth-order valence-corrected chi connectivity index (χ4v) is 3.67. The van der Waals surface area contributed by atoms with Crippen molar-refractivity contribution in [3.8, 4) is 11.1 Å². The van der Waals surface area contributed by atoms with Gasteiger partial charge in [-0.3, -0.25) is 9.69 Å². The molecular formula is C24H27N5O2. The molecule has 5 N–H and O–H groups in total. The maximum absolute atomic E-state index is 12.3. The number of anilines is 4. The van der Waals surface area contributed by atoms with Gasteiger partial charge in [-0.15, -0.1) is 0 Å². The first-order chi connectivity index (χ1) is 15.0. The van der Waals surface area contributed by atoms with Gasteiger partial charge in [0.05, 0.1) is 12.6 Å². The largest absolute Gasteiger partial charge is 0.399 e. The molecule has 1 amide bonds. The van der Waals surface area contributed by atoms with Crippen LogP contribution in [-0.4, -0.2) is 46.6 Å². The van der Waals surface area contributed by atoms with E-state index in [2.05, 4.69) is 20.5 Å². The summed E-state index contributed by atoms with van der Waals surface area (Å²) in [5, 5.41) is 15.8. The molecule has 7 heteroatoms. The Morgan fingerprint density at radius 2 is 1.81 bits per heavy atom. The molecule has 31 heavy (non-hydrogen) atoms. The average Bonchev–Trinajstić information content (AvgIpc) is 2.76. The number of benzene rings is 2. The number of nitrogens with zero attached hydrogens (tertiary/aromatic N) is 2. The van der Waals surface area contributed by atoms with Crippen LogP contribution in [-0.2, 0) is 4.79 Å². The van der Waals surface area contributed by atoms with Crippen molar-refractivity contribution < 1.29 is 9.90 Å². The minimum absolute atomic E-state index is 0.0401. The minimum Gasteiger partial charge on any atom is -0.399 e. The van der Waals surface area contributed by atoms with E-state index in [-0.39, 0.29) is 12.0 Å². The summed E-state index contributed by atoms with van der Waals surface area (Å²) in [7, 11) is 0. The van der Waals surface area contributed by atoms with Gasteiger partial charge in [0.1, 0.15) is 5.82 Å². The van der Waals surface area contributed by atoms with Gasteiger partial charge in [-0.25, -0.2) is 4.98 Å². The number of hydrogen-bond acceptors (Lipinski definition) is 6. The van der Waals surface area contributed by atoms with Crippen LogP contribution in [0.3, 0.4) is 0 Å².